The quantitative estimate of drug-likeness (QED) is 0.688. The van der Waals surface area contributed by atoms with Crippen LogP contribution in [0.4, 0.5) is 16.4 Å². The third-order valence-corrected chi connectivity index (χ3v) is 5.32. The van der Waals surface area contributed by atoms with E-state index >= 15 is 0 Å². The molecule has 0 aliphatic carbocycles. The zero-order chi connectivity index (χ0) is 21.1. The number of carbonyl (C=O) groups excluding carboxylic acids is 2. The molecule has 3 heterocycles. The smallest absolute Gasteiger partial charge is 0.318 e. The fourth-order valence-corrected chi connectivity index (χ4v) is 3.56. The minimum Gasteiger partial charge on any atom is -0.350 e. The van der Waals surface area contributed by atoms with Gasteiger partial charge < -0.3 is 25.0 Å². The number of amides is 3. The number of carbonyl (C=O) groups is 2. The molecule has 9 heteroatoms. The fraction of sp³-hybridized carbons (Fsp3) is 0.333. The standard InChI is InChI=1S/C21H25N7O2/c1-15(19(29)25-17-5-3-6-18-16(17)7-10-26(18)2)24-21(30)28-13-11-27(12-14-28)20-22-8-4-9-23-20/h3-10,15H,11-14H2,1-2H3,(H,24,30)(H,25,29)/t15-/m0/s1. The first-order valence-electron chi connectivity index (χ1n) is 9.95. The number of piperazine rings is 1. The summed E-state index contributed by atoms with van der Waals surface area (Å²) in [5, 5.41) is 6.69. The Morgan fingerprint density at radius 1 is 1.03 bits per heavy atom. The van der Waals surface area contributed by atoms with Crippen molar-refractivity contribution in [2.45, 2.75) is 13.0 Å². The Bertz CT molecular complexity index is 1040. The van der Waals surface area contributed by atoms with Crippen LogP contribution in [0, 0.1) is 0 Å². The molecule has 2 N–H and O–H groups in total. The molecule has 0 radical (unpaired) electrons. The van der Waals surface area contributed by atoms with E-state index in [-0.39, 0.29) is 11.9 Å². The molecule has 2 aromatic heterocycles. The lowest BCUT2D eigenvalue weighted by atomic mass is 10.2. The average molecular weight is 407 g/mol. The number of aryl methyl sites for hydroxylation is 1. The van der Waals surface area contributed by atoms with Crippen molar-refractivity contribution in [3.63, 3.8) is 0 Å². The number of urea groups is 1. The Labute approximate surface area is 174 Å². The Morgan fingerprint density at radius 3 is 2.50 bits per heavy atom. The Kier molecular flexibility index (Phi) is 5.51. The van der Waals surface area contributed by atoms with Crippen molar-refractivity contribution in [1.82, 2.24) is 24.8 Å². The van der Waals surface area contributed by atoms with Gasteiger partial charge in [0.1, 0.15) is 6.04 Å². The maximum Gasteiger partial charge on any atom is 0.318 e. The normalized spacial score (nSPS) is 15.1. The monoisotopic (exact) mass is 407 g/mol. The van der Waals surface area contributed by atoms with Crippen LogP contribution in [0.2, 0.25) is 0 Å². The molecule has 0 bridgehead atoms. The van der Waals surface area contributed by atoms with E-state index in [1.54, 1.807) is 30.3 Å². The van der Waals surface area contributed by atoms with E-state index < -0.39 is 6.04 Å². The molecule has 1 aromatic carbocycles. The van der Waals surface area contributed by atoms with Crippen LogP contribution >= 0.6 is 0 Å². The van der Waals surface area contributed by atoms with Crippen molar-refractivity contribution >= 4 is 34.5 Å². The summed E-state index contributed by atoms with van der Waals surface area (Å²) in [5.74, 6) is 0.413. The zero-order valence-electron chi connectivity index (χ0n) is 17.1. The first-order chi connectivity index (χ1) is 14.5. The van der Waals surface area contributed by atoms with Gasteiger partial charge in [0.15, 0.2) is 0 Å². The molecule has 4 rings (SSSR count). The highest BCUT2D eigenvalue weighted by atomic mass is 16.2. The third kappa shape index (κ3) is 4.05. The summed E-state index contributed by atoms with van der Waals surface area (Å²) in [6, 6.07) is 8.59. The van der Waals surface area contributed by atoms with Gasteiger partial charge in [0.25, 0.3) is 0 Å². The Hall–Kier alpha value is -3.62. The number of nitrogens with zero attached hydrogens (tertiary/aromatic N) is 5. The van der Waals surface area contributed by atoms with Crippen molar-refractivity contribution in [2.75, 3.05) is 36.4 Å². The number of benzene rings is 1. The molecular formula is C21H25N7O2. The van der Waals surface area contributed by atoms with Crippen LogP contribution in [-0.4, -0.2) is 63.6 Å². The van der Waals surface area contributed by atoms with Crippen molar-refractivity contribution in [1.29, 1.82) is 0 Å². The van der Waals surface area contributed by atoms with Crippen LogP contribution in [0.1, 0.15) is 6.92 Å². The van der Waals surface area contributed by atoms with Gasteiger partial charge in [0.05, 0.1) is 5.69 Å². The van der Waals surface area contributed by atoms with Gasteiger partial charge in [-0.05, 0) is 31.2 Å². The summed E-state index contributed by atoms with van der Waals surface area (Å²) >= 11 is 0. The number of rotatable bonds is 4. The molecule has 3 amide bonds. The van der Waals surface area contributed by atoms with E-state index in [9.17, 15) is 9.59 Å². The van der Waals surface area contributed by atoms with Gasteiger partial charge in [0, 0.05) is 62.7 Å². The number of anilines is 2. The number of fused-ring (bicyclic) bond motifs is 1. The van der Waals surface area contributed by atoms with E-state index in [2.05, 4.69) is 20.6 Å². The Balaban J connectivity index is 1.31. The summed E-state index contributed by atoms with van der Waals surface area (Å²) in [6.07, 6.45) is 5.36. The topological polar surface area (TPSA) is 95.4 Å². The first kappa shape index (κ1) is 19.7. The van der Waals surface area contributed by atoms with Gasteiger partial charge in [-0.25, -0.2) is 14.8 Å². The van der Waals surface area contributed by atoms with Crippen LogP contribution in [-0.2, 0) is 11.8 Å². The molecule has 0 saturated carbocycles. The molecule has 1 saturated heterocycles. The molecule has 9 nitrogen and oxygen atoms in total. The second-order valence-electron chi connectivity index (χ2n) is 7.35. The largest absolute Gasteiger partial charge is 0.350 e. The van der Waals surface area contributed by atoms with E-state index in [4.69, 9.17) is 0 Å². The molecule has 30 heavy (non-hydrogen) atoms. The lowest BCUT2D eigenvalue weighted by Gasteiger charge is -2.35. The van der Waals surface area contributed by atoms with E-state index in [0.717, 1.165) is 16.6 Å². The van der Waals surface area contributed by atoms with Crippen molar-refractivity contribution < 1.29 is 9.59 Å². The summed E-state index contributed by atoms with van der Waals surface area (Å²) in [6.45, 7) is 4.07. The van der Waals surface area contributed by atoms with Gasteiger partial charge in [-0.2, -0.15) is 0 Å². The summed E-state index contributed by atoms with van der Waals surface area (Å²) in [7, 11) is 1.96. The highest BCUT2D eigenvalue weighted by Crippen LogP contribution is 2.24. The van der Waals surface area contributed by atoms with Gasteiger partial charge in [0.2, 0.25) is 11.9 Å². The van der Waals surface area contributed by atoms with E-state index in [0.29, 0.717) is 32.1 Å². The second-order valence-corrected chi connectivity index (χ2v) is 7.35. The minimum atomic E-state index is -0.660. The fourth-order valence-electron chi connectivity index (χ4n) is 3.56. The third-order valence-electron chi connectivity index (χ3n) is 5.32. The highest BCUT2D eigenvalue weighted by Gasteiger charge is 2.25. The molecule has 3 aromatic rings. The van der Waals surface area contributed by atoms with Gasteiger partial charge in [-0.1, -0.05) is 6.07 Å². The number of hydrogen-bond acceptors (Lipinski definition) is 5. The van der Waals surface area contributed by atoms with Crippen LogP contribution in [0.3, 0.4) is 0 Å². The lowest BCUT2D eigenvalue weighted by molar-refractivity contribution is -0.117. The average Bonchev–Trinajstić information content (AvgIpc) is 3.16. The highest BCUT2D eigenvalue weighted by molar-refractivity contribution is 6.04. The molecule has 1 fully saturated rings. The molecular weight excluding hydrogens is 382 g/mol. The van der Waals surface area contributed by atoms with Crippen LogP contribution < -0.4 is 15.5 Å². The maximum absolute atomic E-state index is 12.6. The van der Waals surface area contributed by atoms with E-state index in [1.807, 2.05) is 47.0 Å². The van der Waals surface area contributed by atoms with Crippen LogP contribution in [0.15, 0.2) is 48.9 Å². The summed E-state index contributed by atoms with van der Waals surface area (Å²) in [5.41, 5.74) is 1.76. The number of nitrogens with one attached hydrogen (secondary N) is 2. The Morgan fingerprint density at radius 2 is 1.77 bits per heavy atom. The molecule has 1 aliphatic heterocycles. The zero-order valence-corrected chi connectivity index (χ0v) is 17.1. The number of hydrogen-bond donors (Lipinski definition) is 2. The van der Waals surface area contributed by atoms with Crippen LogP contribution in [0.25, 0.3) is 10.9 Å². The minimum absolute atomic E-state index is 0.246. The van der Waals surface area contributed by atoms with Crippen molar-refractivity contribution in [2.24, 2.45) is 7.05 Å². The lowest BCUT2D eigenvalue weighted by Crippen LogP contribution is -2.55. The molecule has 0 unspecified atom stereocenters. The molecule has 1 atom stereocenters. The van der Waals surface area contributed by atoms with Gasteiger partial charge in [-0.3, -0.25) is 4.79 Å². The molecule has 156 valence electrons. The maximum atomic E-state index is 12.6. The first-order valence-corrected chi connectivity index (χ1v) is 9.95. The SMILES string of the molecule is C[C@H](NC(=O)N1CCN(c2ncccn2)CC1)C(=O)Nc1cccc2c1ccn2C. The molecule has 0 spiro atoms. The van der Waals surface area contributed by atoms with Gasteiger partial charge >= 0.3 is 6.03 Å². The predicted octanol–water partition coefficient (Wildman–Crippen LogP) is 1.83. The molecule has 1 aliphatic rings. The number of aromatic nitrogens is 3. The summed E-state index contributed by atoms with van der Waals surface area (Å²) in [4.78, 5) is 37.5. The van der Waals surface area contributed by atoms with Crippen molar-refractivity contribution in [3.05, 3.63) is 48.9 Å². The van der Waals surface area contributed by atoms with Crippen molar-refractivity contribution in [3.8, 4) is 0 Å². The second kappa shape index (κ2) is 8.40. The van der Waals surface area contributed by atoms with E-state index in [1.165, 1.54) is 0 Å². The van der Waals surface area contributed by atoms with Gasteiger partial charge in [-0.15, -0.1) is 0 Å². The van der Waals surface area contributed by atoms with Crippen LogP contribution in [0.5, 0.6) is 0 Å². The predicted molar refractivity (Wildman–Crippen MR) is 115 cm³/mol. The summed E-state index contributed by atoms with van der Waals surface area (Å²) < 4.78 is 2.00.